The fourth-order valence-corrected chi connectivity index (χ4v) is 6.02. The van der Waals surface area contributed by atoms with Crippen LogP contribution in [0.1, 0.15) is 5.56 Å². The second-order valence-corrected chi connectivity index (χ2v) is 10.6. The Balaban J connectivity index is 1.44. The van der Waals surface area contributed by atoms with Crippen molar-refractivity contribution in [3.63, 3.8) is 0 Å². The highest BCUT2D eigenvalue weighted by Gasteiger charge is 2.29. The first-order valence-corrected chi connectivity index (χ1v) is 13.0. The van der Waals surface area contributed by atoms with Crippen LogP contribution < -0.4 is 4.90 Å². The maximum absolute atomic E-state index is 13.7. The first kappa shape index (κ1) is 21.7. The summed E-state index contributed by atoms with van der Waals surface area (Å²) < 4.78 is 41.1. The van der Waals surface area contributed by atoms with Gasteiger partial charge in [-0.3, -0.25) is 0 Å². The molecule has 1 aromatic heterocycles. The number of rotatable bonds is 5. The molecule has 1 saturated heterocycles. The summed E-state index contributed by atoms with van der Waals surface area (Å²) in [4.78, 5) is 6.97. The number of hydrogen-bond acceptors (Lipinski definition) is 5. The van der Waals surface area contributed by atoms with E-state index in [1.807, 2.05) is 17.5 Å². The summed E-state index contributed by atoms with van der Waals surface area (Å²) in [5, 5.41) is 3.42. The Kier molecular flexibility index (Phi) is 6.45. The molecule has 0 spiro atoms. The van der Waals surface area contributed by atoms with E-state index in [1.165, 1.54) is 27.8 Å². The average molecular weight is 531 g/mol. The predicted molar refractivity (Wildman–Crippen MR) is 123 cm³/mol. The topological polar surface area (TPSA) is 53.5 Å². The molecular weight excluding hydrogens is 513 g/mol. The number of halogens is 3. The molecule has 0 aliphatic carbocycles. The van der Waals surface area contributed by atoms with Gasteiger partial charge >= 0.3 is 0 Å². The quantitative estimate of drug-likeness (QED) is 0.435. The Morgan fingerprint density at radius 2 is 1.80 bits per heavy atom. The molecule has 0 bridgehead atoms. The van der Waals surface area contributed by atoms with Crippen LogP contribution in [0.25, 0.3) is 11.3 Å². The fraction of sp³-hybridized carbons (Fsp3) is 0.250. The Morgan fingerprint density at radius 1 is 1.10 bits per heavy atom. The normalized spacial score (nSPS) is 15.5. The van der Waals surface area contributed by atoms with Gasteiger partial charge in [-0.2, -0.15) is 4.31 Å². The molecule has 5 nitrogen and oxygen atoms in total. The SMILES string of the molecule is O=S(=O)(c1ccc(CBr)cc1)N1CCN(c2nc(-c3ccc(Cl)c(F)c3)cs2)CC1. The van der Waals surface area contributed by atoms with Crippen LogP contribution in [0.2, 0.25) is 5.02 Å². The van der Waals surface area contributed by atoms with Crippen LogP contribution in [-0.2, 0) is 15.4 Å². The first-order valence-electron chi connectivity index (χ1n) is 9.19. The molecule has 30 heavy (non-hydrogen) atoms. The van der Waals surface area contributed by atoms with E-state index in [4.69, 9.17) is 11.6 Å². The van der Waals surface area contributed by atoms with E-state index in [2.05, 4.69) is 25.8 Å². The van der Waals surface area contributed by atoms with Crippen LogP contribution in [0.5, 0.6) is 0 Å². The second kappa shape index (κ2) is 8.92. The van der Waals surface area contributed by atoms with Gasteiger partial charge in [-0.1, -0.05) is 45.7 Å². The largest absolute Gasteiger partial charge is 0.345 e. The van der Waals surface area contributed by atoms with E-state index < -0.39 is 15.8 Å². The molecule has 2 aromatic carbocycles. The number of benzene rings is 2. The van der Waals surface area contributed by atoms with E-state index in [9.17, 15) is 12.8 Å². The molecule has 1 aliphatic heterocycles. The summed E-state index contributed by atoms with van der Waals surface area (Å²) in [5.74, 6) is -0.480. The Bertz CT molecular complexity index is 1150. The van der Waals surface area contributed by atoms with E-state index in [1.54, 1.807) is 18.2 Å². The van der Waals surface area contributed by atoms with Crippen LogP contribution in [0, 0.1) is 5.82 Å². The smallest absolute Gasteiger partial charge is 0.243 e. The van der Waals surface area contributed by atoms with Crippen LogP contribution in [-0.4, -0.2) is 43.9 Å². The fourth-order valence-electron chi connectivity index (χ4n) is 3.22. The molecule has 1 aliphatic rings. The lowest BCUT2D eigenvalue weighted by Gasteiger charge is -2.33. The minimum absolute atomic E-state index is 0.0772. The molecule has 10 heteroatoms. The van der Waals surface area contributed by atoms with Gasteiger partial charge in [-0.15, -0.1) is 11.3 Å². The van der Waals surface area contributed by atoms with Crippen LogP contribution in [0.3, 0.4) is 0 Å². The highest BCUT2D eigenvalue weighted by Crippen LogP contribution is 2.30. The van der Waals surface area contributed by atoms with Gasteiger partial charge in [-0.25, -0.2) is 17.8 Å². The number of sulfonamides is 1. The maximum Gasteiger partial charge on any atom is 0.243 e. The number of anilines is 1. The van der Waals surface area contributed by atoms with Crippen molar-refractivity contribution in [3.8, 4) is 11.3 Å². The minimum atomic E-state index is -3.52. The lowest BCUT2D eigenvalue weighted by Crippen LogP contribution is -2.48. The van der Waals surface area contributed by atoms with Crippen molar-refractivity contribution < 1.29 is 12.8 Å². The molecule has 1 fully saturated rings. The number of piperazine rings is 1. The van der Waals surface area contributed by atoms with Gasteiger partial charge in [0.25, 0.3) is 0 Å². The van der Waals surface area contributed by atoms with Gasteiger partial charge in [0.1, 0.15) is 5.82 Å². The highest BCUT2D eigenvalue weighted by atomic mass is 79.9. The summed E-state index contributed by atoms with van der Waals surface area (Å²) in [6, 6.07) is 11.5. The predicted octanol–water partition coefficient (Wildman–Crippen LogP) is 5.01. The Hall–Kier alpha value is -1.52. The van der Waals surface area contributed by atoms with Gasteiger partial charge in [0.05, 0.1) is 15.6 Å². The van der Waals surface area contributed by atoms with E-state index in [-0.39, 0.29) is 5.02 Å². The average Bonchev–Trinajstić information content (AvgIpc) is 3.26. The summed E-state index contributed by atoms with van der Waals surface area (Å²) in [6.07, 6.45) is 0. The van der Waals surface area contributed by atoms with Crippen molar-refractivity contribution in [2.24, 2.45) is 0 Å². The third-order valence-electron chi connectivity index (χ3n) is 4.93. The van der Waals surface area contributed by atoms with Gasteiger partial charge < -0.3 is 4.90 Å². The summed E-state index contributed by atoms with van der Waals surface area (Å²) in [5.41, 5.74) is 2.36. The minimum Gasteiger partial charge on any atom is -0.345 e. The first-order chi connectivity index (χ1) is 14.4. The van der Waals surface area contributed by atoms with Crippen molar-refractivity contribution in [1.29, 1.82) is 0 Å². The third kappa shape index (κ3) is 4.40. The molecule has 0 atom stereocenters. The summed E-state index contributed by atoms with van der Waals surface area (Å²) >= 11 is 10.6. The molecular formula is C20H18BrClFN3O2S2. The zero-order chi connectivity index (χ0) is 21.3. The Labute approximate surface area is 192 Å². The third-order valence-corrected chi connectivity index (χ3v) is 8.70. The van der Waals surface area contributed by atoms with Crippen molar-refractivity contribution in [1.82, 2.24) is 9.29 Å². The number of hydrogen-bond donors (Lipinski definition) is 0. The van der Waals surface area contributed by atoms with E-state index in [0.717, 1.165) is 10.7 Å². The second-order valence-electron chi connectivity index (χ2n) is 6.81. The molecule has 158 valence electrons. The van der Waals surface area contributed by atoms with Gasteiger partial charge in [0, 0.05) is 42.5 Å². The molecule has 0 unspecified atom stereocenters. The monoisotopic (exact) mass is 529 g/mol. The van der Waals surface area contributed by atoms with Crippen molar-refractivity contribution in [3.05, 3.63) is 64.2 Å². The summed E-state index contributed by atoms with van der Waals surface area (Å²) in [6.45, 7) is 1.85. The van der Waals surface area contributed by atoms with Crippen molar-refractivity contribution in [2.45, 2.75) is 10.2 Å². The van der Waals surface area contributed by atoms with Gasteiger partial charge in [0.15, 0.2) is 5.13 Å². The standard InChI is InChI=1S/C20H18BrClFN3O2S2/c21-12-14-1-4-16(5-2-14)30(27,28)26-9-7-25(8-10-26)20-24-19(13-29-20)15-3-6-17(22)18(23)11-15/h1-6,11,13H,7-10,12H2. The van der Waals surface area contributed by atoms with Crippen molar-refractivity contribution >= 4 is 54.0 Å². The molecule has 4 rings (SSSR count). The van der Waals surface area contributed by atoms with Gasteiger partial charge in [0.2, 0.25) is 10.0 Å². The zero-order valence-electron chi connectivity index (χ0n) is 15.8. The van der Waals surface area contributed by atoms with Gasteiger partial charge in [-0.05, 0) is 29.8 Å². The van der Waals surface area contributed by atoms with E-state index >= 15 is 0 Å². The van der Waals surface area contributed by atoms with Crippen molar-refractivity contribution in [2.75, 3.05) is 31.1 Å². The molecule has 0 saturated carbocycles. The lowest BCUT2D eigenvalue weighted by molar-refractivity contribution is 0.385. The molecule has 2 heterocycles. The molecule has 0 radical (unpaired) electrons. The number of thiazole rings is 1. The zero-order valence-corrected chi connectivity index (χ0v) is 19.7. The molecule has 3 aromatic rings. The molecule has 0 amide bonds. The Morgan fingerprint density at radius 3 is 2.43 bits per heavy atom. The van der Waals surface area contributed by atoms with Crippen LogP contribution in [0.15, 0.2) is 52.7 Å². The lowest BCUT2D eigenvalue weighted by atomic mass is 10.2. The molecule has 0 N–H and O–H groups in total. The summed E-state index contributed by atoms with van der Waals surface area (Å²) in [7, 11) is -3.52. The highest BCUT2D eigenvalue weighted by molar-refractivity contribution is 9.08. The number of alkyl halides is 1. The maximum atomic E-state index is 13.7. The van der Waals surface area contributed by atoms with Crippen LogP contribution >= 0.6 is 38.9 Å². The van der Waals surface area contributed by atoms with Crippen LogP contribution in [0.4, 0.5) is 9.52 Å². The number of nitrogens with zero attached hydrogens (tertiary/aromatic N) is 3. The van der Waals surface area contributed by atoms with E-state index in [0.29, 0.717) is 47.7 Å². The number of aromatic nitrogens is 1.